The molecule has 0 radical (unpaired) electrons. The molecule has 0 aliphatic rings. The summed E-state index contributed by atoms with van der Waals surface area (Å²) in [5, 5.41) is 6.08. The molecule has 26 heavy (non-hydrogen) atoms. The molecule has 2 N–H and O–H groups in total. The quantitative estimate of drug-likeness (QED) is 0.716. The van der Waals surface area contributed by atoms with Crippen molar-refractivity contribution in [3.8, 4) is 0 Å². The first kappa shape index (κ1) is 17.7. The lowest BCUT2D eigenvalue weighted by atomic mass is 10.1. The molecule has 3 aromatic rings. The number of hydrogen-bond acceptors (Lipinski definition) is 4. The Morgan fingerprint density at radius 2 is 2.00 bits per heavy atom. The van der Waals surface area contributed by atoms with Crippen LogP contribution in [0.15, 0.2) is 59.3 Å². The molecule has 1 aromatic carbocycles. The van der Waals surface area contributed by atoms with Crippen LogP contribution < -0.4 is 10.6 Å². The number of aromatic nitrogens is 1. The molecule has 0 spiro atoms. The van der Waals surface area contributed by atoms with E-state index in [-0.39, 0.29) is 18.1 Å². The Hall–Kier alpha value is -3.12. The van der Waals surface area contributed by atoms with Gasteiger partial charge >= 0.3 is 0 Å². The first-order chi connectivity index (χ1) is 12.5. The van der Waals surface area contributed by atoms with Gasteiger partial charge in [-0.3, -0.25) is 14.6 Å². The van der Waals surface area contributed by atoms with Gasteiger partial charge in [0.2, 0.25) is 0 Å². The molecule has 3 rings (SSSR count). The van der Waals surface area contributed by atoms with Crippen molar-refractivity contribution < 1.29 is 14.0 Å². The number of furan rings is 1. The van der Waals surface area contributed by atoms with Gasteiger partial charge < -0.3 is 15.1 Å². The number of pyridine rings is 1. The van der Waals surface area contributed by atoms with E-state index in [1.807, 2.05) is 6.92 Å². The Morgan fingerprint density at radius 3 is 2.73 bits per heavy atom. The number of nitrogens with one attached hydrogen (secondary N) is 2. The zero-order valence-electron chi connectivity index (χ0n) is 14.0. The molecule has 7 heteroatoms. The lowest BCUT2D eigenvalue weighted by molar-refractivity contribution is 0.0948. The number of nitrogens with zero attached hydrogens (tertiary/aromatic N) is 1. The Kier molecular flexibility index (Phi) is 5.34. The Morgan fingerprint density at radius 1 is 1.15 bits per heavy atom. The normalized spacial score (nSPS) is 10.4. The minimum Gasteiger partial charge on any atom is -0.467 e. The van der Waals surface area contributed by atoms with Crippen LogP contribution in [0.25, 0.3) is 0 Å². The molecule has 0 fully saturated rings. The van der Waals surface area contributed by atoms with E-state index in [0.717, 1.165) is 5.56 Å². The first-order valence-corrected chi connectivity index (χ1v) is 8.25. The number of anilines is 1. The third-order valence-corrected chi connectivity index (χ3v) is 3.93. The highest BCUT2D eigenvalue weighted by atomic mass is 35.5. The van der Waals surface area contributed by atoms with Gasteiger partial charge in [-0.2, -0.15) is 0 Å². The summed E-state index contributed by atoms with van der Waals surface area (Å²) in [5.41, 5.74) is 1.95. The molecule has 0 saturated heterocycles. The van der Waals surface area contributed by atoms with Crippen LogP contribution in [-0.2, 0) is 6.54 Å². The number of carbonyl (C=O) groups is 2. The number of benzene rings is 1. The summed E-state index contributed by atoms with van der Waals surface area (Å²) in [7, 11) is 0. The summed E-state index contributed by atoms with van der Waals surface area (Å²) < 4.78 is 5.17. The van der Waals surface area contributed by atoms with Gasteiger partial charge in [-0.05, 0) is 55.0 Å². The highest BCUT2D eigenvalue weighted by molar-refractivity contribution is 6.30. The largest absolute Gasteiger partial charge is 0.467 e. The smallest absolute Gasteiger partial charge is 0.274 e. The van der Waals surface area contributed by atoms with Crippen LogP contribution in [0, 0.1) is 6.92 Å². The number of aryl methyl sites for hydroxylation is 1. The Bertz CT molecular complexity index is 939. The molecular formula is C19H16ClN3O3. The van der Waals surface area contributed by atoms with Gasteiger partial charge in [0.05, 0.1) is 12.8 Å². The summed E-state index contributed by atoms with van der Waals surface area (Å²) >= 11 is 5.92. The number of amides is 2. The molecule has 6 nitrogen and oxygen atoms in total. The fourth-order valence-corrected chi connectivity index (χ4v) is 2.56. The van der Waals surface area contributed by atoms with Crippen LogP contribution in [0.3, 0.4) is 0 Å². The highest BCUT2D eigenvalue weighted by Crippen LogP contribution is 2.20. The van der Waals surface area contributed by atoms with Crippen LogP contribution in [0.5, 0.6) is 0 Å². The summed E-state index contributed by atoms with van der Waals surface area (Å²) in [6.45, 7) is 2.10. The van der Waals surface area contributed by atoms with E-state index in [1.54, 1.807) is 36.4 Å². The molecule has 0 bridgehead atoms. The summed E-state index contributed by atoms with van der Waals surface area (Å²) in [5.74, 6) is -0.0831. The predicted octanol–water partition coefficient (Wildman–Crippen LogP) is 3.82. The van der Waals surface area contributed by atoms with Crippen molar-refractivity contribution in [1.29, 1.82) is 0 Å². The summed E-state index contributed by atoms with van der Waals surface area (Å²) in [6, 6.07) is 11.7. The maximum Gasteiger partial charge on any atom is 0.274 e. The predicted molar refractivity (Wildman–Crippen MR) is 98.3 cm³/mol. The van der Waals surface area contributed by atoms with Crippen molar-refractivity contribution >= 4 is 29.1 Å². The van der Waals surface area contributed by atoms with Crippen LogP contribution in [0.1, 0.15) is 32.2 Å². The number of carbonyl (C=O) groups excluding carboxylic acids is 2. The second-order valence-electron chi connectivity index (χ2n) is 5.61. The van der Waals surface area contributed by atoms with Gasteiger partial charge in [0.1, 0.15) is 11.5 Å². The van der Waals surface area contributed by atoms with Crippen LogP contribution >= 0.6 is 11.6 Å². The lowest BCUT2D eigenvalue weighted by Crippen LogP contribution is -2.23. The number of halogens is 1. The SMILES string of the molecule is Cc1cc(Cl)ccc1NC(=O)c1cc(C(=O)NCc2ccco2)ccn1. The van der Waals surface area contributed by atoms with E-state index >= 15 is 0 Å². The zero-order chi connectivity index (χ0) is 18.5. The second-order valence-corrected chi connectivity index (χ2v) is 6.04. The molecule has 0 saturated carbocycles. The Labute approximate surface area is 155 Å². The average molecular weight is 370 g/mol. The average Bonchev–Trinajstić information content (AvgIpc) is 3.15. The maximum absolute atomic E-state index is 12.4. The fraction of sp³-hybridized carbons (Fsp3) is 0.105. The van der Waals surface area contributed by atoms with Gasteiger partial charge in [-0.1, -0.05) is 11.6 Å². The third kappa shape index (κ3) is 4.29. The van der Waals surface area contributed by atoms with Crippen molar-refractivity contribution in [2.45, 2.75) is 13.5 Å². The topological polar surface area (TPSA) is 84.2 Å². The van der Waals surface area contributed by atoms with E-state index in [2.05, 4.69) is 15.6 Å². The molecule has 0 atom stereocenters. The van der Waals surface area contributed by atoms with Gasteiger partial charge in [0.15, 0.2) is 0 Å². The van der Waals surface area contributed by atoms with Gasteiger partial charge in [0, 0.05) is 22.5 Å². The first-order valence-electron chi connectivity index (χ1n) is 7.87. The molecule has 2 aromatic heterocycles. The number of rotatable bonds is 5. The minimum atomic E-state index is -0.406. The highest BCUT2D eigenvalue weighted by Gasteiger charge is 2.13. The van der Waals surface area contributed by atoms with Crippen LogP contribution in [0.4, 0.5) is 5.69 Å². The van der Waals surface area contributed by atoms with Crippen molar-refractivity contribution in [2.24, 2.45) is 0 Å². The van der Waals surface area contributed by atoms with Gasteiger partial charge in [0.25, 0.3) is 11.8 Å². The number of hydrogen-bond donors (Lipinski definition) is 2. The zero-order valence-corrected chi connectivity index (χ0v) is 14.7. The van der Waals surface area contributed by atoms with E-state index in [4.69, 9.17) is 16.0 Å². The molecule has 132 valence electrons. The van der Waals surface area contributed by atoms with Gasteiger partial charge in [-0.25, -0.2) is 0 Å². The standard InChI is InChI=1S/C19H16ClN3O3/c1-12-9-14(20)4-5-16(12)23-19(25)17-10-13(6-7-21-17)18(24)22-11-15-3-2-8-26-15/h2-10H,11H2,1H3,(H,22,24)(H,23,25). The lowest BCUT2D eigenvalue weighted by Gasteiger charge is -2.09. The van der Waals surface area contributed by atoms with Gasteiger partial charge in [-0.15, -0.1) is 0 Å². The second kappa shape index (κ2) is 7.84. The monoisotopic (exact) mass is 369 g/mol. The molecular weight excluding hydrogens is 354 g/mol. The fourth-order valence-electron chi connectivity index (χ4n) is 2.33. The molecule has 0 aliphatic heterocycles. The van der Waals surface area contributed by atoms with E-state index in [1.165, 1.54) is 18.5 Å². The van der Waals surface area contributed by atoms with E-state index in [9.17, 15) is 9.59 Å². The Balaban J connectivity index is 1.69. The van der Waals surface area contributed by atoms with Crippen molar-refractivity contribution in [2.75, 3.05) is 5.32 Å². The maximum atomic E-state index is 12.4. The molecule has 0 unspecified atom stereocenters. The van der Waals surface area contributed by atoms with Crippen molar-refractivity contribution in [3.63, 3.8) is 0 Å². The van der Waals surface area contributed by atoms with Crippen LogP contribution in [-0.4, -0.2) is 16.8 Å². The third-order valence-electron chi connectivity index (χ3n) is 3.69. The van der Waals surface area contributed by atoms with E-state index < -0.39 is 5.91 Å². The van der Waals surface area contributed by atoms with E-state index in [0.29, 0.717) is 22.0 Å². The van der Waals surface area contributed by atoms with Crippen LogP contribution in [0.2, 0.25) is 5.02 Å². The molecule has 0 aliphatic carbocycles. The summed E-state index contributed by atoms with van der Waals surface area (Å²) in [6.07, 6.45) is 2.96. The van der Waals surface area contributed by atoms with Crippen molar-refractivity contribution in [3.05, 3.63) is 82.5 Å². The molecule has 2 amide bonds. The molecule has 2 heterocycles. The summed E-state index contributed by atoms with van der Waals surface area (Å²) in [4.78, 5) is 28.7. The minimum absolute atomic E-state index is 0.144. The van der Waals surface area contributed by atoms with Crippen molar-refractivity contribution in [1.82, 2.24) is 10.3 Å².